The van der Waals surface area contributed by atoms with Gasteiger partial charge in [-0.1, -0.05) is 16.8 Å². The number of nitrogens with zero attached hydrogens (tertiary/aromatic N) is 3. The SMILES string of the molecule is CC(c1nc(-c2ccc(Cl)cc2)no1)N1CCC(C(=O)O)C1. The molecule has 1 fully saturated rings. The van der Waals surface area contributed by atoms with Gasteiger partial charge in [0.15, 0.2) is 0 Å². The first-order valence-corrected chi connectivity index (χ1v) is 7.49. The number of hydrogen-bond acceptors (Lipinski definition) is 5. The van der Waals surface area contributed by atoms with Crippen LogP contribution in [0.4, 0.5) is 0 Å². The van der Waals surface area contributed by atoms with Crippen LogP contribution in [0.2, 0.25) is 5.02 Å². The third-order valence-electron chi connectivity index (χ3n) is 4.02. The quantitative estimate of drug-likeness (QED) is 0.932. The van der Waals surface area contributed by atoms with E-state index in [-0.39, 0.29) is 12.0 Å². The Labute approximate surface area is 132 Å². The van der Waals surface area contributed by atoms with Crippen LogP contribution in [0.3, 0.4) is 0 Å². The van der Waals surface area contributed by atoms with Crippen molar-refractivity contribution < 1.29 is 14.4 Å². The molecule has 2 unspecified atom stereocenters. The molecule has 0 radical (unpaired) electrons. The van der Waals surface area contributed by atoms with Crippen LogP contribution < -0.4 is 0 Å². The fourth-order valence-corrected chi connectivity index (χ4v) is 2.74. The number of halogens is 1. The van der Waals surface area contributed by atoms with Gasteiger partial charge in [0.05, 0.1) is 12.0 Å². The molecule has 1 aromatic heterocycles. The van der Waals surface area contributed by atoms with Crippen molar-refractivity contribution in [2.45, 2.75) is 19.4 Å². The Morgan fingerprint density at radius 2 is 2.18 bits per heavy atom. The van der Waals surface area contributed by atoms with Crippen LogP contribution in [0.15, 0.2) is 28.8 Å². The third kappa shape index (κ3) is 2.98. The maximum atomic E-state index is 11.0. The lowest BCUT2D eigenvalue weighted by Gasteiger charge is -2.20. The predicted octanol–water partition coefficient (Wildman–Crippen LogP) is 2.86. The molecule has 0 amide bonds. The molecule has 0 saturated carbocycles. The first kappa shape index (κ1) is 15.0. The van der Waals surface area contributed by atoms with Crippen LogP contribution in [0.5, 0.6) is 0 Å². The maximum absolute atomic E-state index is 11.0. The average Bonchev–Trinajstić information content (AvgIpc) is 3.17. The van der Waals surface area contributed by atoms with Crippen molar-refractivity contribution in [1.29, 1.82) is 0 Å². The fraction of sp³-hybridized carbons (Fsp3) is 0.400. The Morgan fingerprint density at radius 3 is 2.82 bits per heavy atom. The van der Waals surface area contributed by atoms with E-state index in [4.69, 9.17) is 21.2 Å². The van der Waals surface area contributed by atoms with E-state index in [0.717, 1.165) is 12.1 Å². The van der Waals surface area contributed by atoms with Gasteiger partial charge in [-0.25, -0.2) is 0 Å². The molecule has 2 atom stereocenters. The molecular weight excluding hydrogens is 306 g/mol. The van der Waals surface area contributed by atoms with Gasteiger partial charge in [0.2, 0.25) is 11.7 Å². The second-order valence-corrected chi connectivity index (χ2v) is 5.89. The molecule has 22 heavy (non-hydrogen) atoms. The minimum absolute atomic E-state index is 0.0992. The van der Waals surface area contributed by atoms with E-state index >= 15 is 0 Å². The van der Waals surface area contributed by atoms with Crippen molar-refractivity contribution in [3.05, 3.63) is 35.2 Å². The normalized spacial score (nSPS) is 20.2. The number of carboxylic acids is 1. The first-order chi connectivity index (χ1) is 10.5. The lowest BCUT2D eigenvalue weighted by atomic mass is 10.1. The molecule has 116 valence electrons. The van der Waals surface area contributed by atoms with Gasteiger partial charge in [-0.3, -0.25) is 9.69 Å². The van der Waals surface area contributed by atoms with Crippen molar-refractivity contribution in [2.24, 2.45) is 5.92 Å². The highest BCUT2D eigenvalue weighted by Gasteiger charge is 2.33. The molecule has 1 aliphatic rings. The van der Waals surface area contributed by atoms with E-state index in [9.17, 15) is 4.79 Å². The molecule has 6 nitrogen and oxygen atoms in total. The molecule has 1 aromatic carbocycles. The number of aromatic nitrogens is 2. The Balaban J connectivity index is 1.73. The Morgan fingerprint density at radius 1 is 1.45 bits per heavy atom. The second-order valence-electron chi connectivity index (χ2n) is 5.46. The smallest absolute Gasteiger partial charge is 0.307 e. The van der Waals surface area contributed by atoms with Crippen molar-refractivity contribution in [1.82, 2.24) is 15.0 Å². The second kappa shape index (κ2) is 6.06. The monoisotopic (exact) mass is 321 g/mol. The third-order valence-corrected chi connectivity index (χ3v) is 4.27. The molecule has 0 bridgehead atoms. The number of likely N-dealkylation sites (tertiary alicyclic amines) is 1. The van der Waals surface area contributed by atoms with E-state index in [2.05, 4.69) is 15.0 Å². The molecule has 2 aromatic rings. The van der Waals surface area contributed by atoms with Crippen molar-refractivity contribution in [3.63, 3.8) is 0 Å². The molecular formula is C15H16ClN3O3. The topological polar surface area (TPSA) is 79.5 Å². The lowest BCUT2D eigenvalue weighted by molar-refractivity contribution is -0.141. The van der Waals surface area contributed by atoms with Gasteiger partial charge >= 0.3 is 5.97 Å². The minimum atomic E-state index is -0.748. The summed E-state index contributed by atoms with van der Waals surface area (Å²) in [5.41, 5.74) is 0.830. The highest BCUT2D eigenvalue weighted by molar-refractivity contribution is 6.30. The summed E-state index contributed by atoms with van der Waals surface area (Å²) >= 11 is 5.86. The van der Waals surface area contributed by atoms with Crippen LogP contribution in [0.25, 0.3) is 11.4 Å². The number of carbonyl (C=O) groups is 1. The number of carboxylic acid groups (broad SMARTS) is 1. The molecule has 1 aliphatic heterocycles. The highest BCUT2D eigenvalue weighted by Crippen LogP contribution is 2.28. The largest absolute Gasteiger partial charge is 0.481 e. The highest BCUT2D eigenvalue weighted by atomic mass is 35.5. The molecule has 0 spiro atoms. The first-order valence-electron chi connectivity index (χ1n) is 7.11. The van der Waals surface area contributed by atoms with Crippen molar-refractivity contribution >= 4 is 17.6 Å². The van der Waals surface area contributed by atoms with E-state index < -0.39 is 5.97 Å². The molecule has 3 rings (SSSR count). The Kier molecular flexibility index (Phi) is 4.13. The predicted molar refractivity (Wildman–Crippen MR) is 80.5 cm³/mol. The Bertz CT molecular complexity index is 671. The standard InChI is InChI=1S/C15H16ClN3O3/c1-9(19-7-6-11(8-19)15(20)21)14-17-13(18-22-14)10-2-4-12(16)5-3-10/h2-5,9,11H,6-8H2,1H3,(H,20,21). The molecule has 1 N–H and O–H groups in total. The average molecular weight is 322 g/mol. The van der Waals surface area contributed by atoms with Crippen LogP contribution >= 0.6 is 11.6 Å². The van der Waals surface area contributed by atoms with Crippen LogP contribution in [-0.4, -0.2) is 39.2 Å². The van der Waals surface area contributed by atoms with Crippen LogP contribution in [0.1, 0.15) is 25.3 Å². The number of hydrogen-bond donors (Lipinski definition) is 1. The zero-order valence-corrected chi connectivity index (χ0v) is 12.8. The van der Waals surface area contributed by atoms with Gasteiger partial charge < -0.3 is 9.63 Å². The fourth-order valence-electron chi connectivity index (χ4n) is 2.62. The summed E-state index contributed by atoms with van der Waals surface area (Å²) < 4.78 is 5.34. The summed E-state index contributed by atoms with van der Waals surface area (Å²) in [5.74, 6) is -0.0633. The molecule has 0 aliphatic carbocycles. The molecule has 2 heterocycles. The zero-order chi connectivity index (χ0) is 15.7. The van der Waals surface area contributed by atoms with Gasteiger partial charge in [0, 0.05) is 17.1 Å². The van der Waals surface area contributed by atoms with Gasteiger partial charge in [-0.05, 0) is 44.2 Å². The lowest BCUT2D eigenvalue weighted by Crippen LogP contribution is -2.26. The van der Waals surface area contributed by atoms with Crippen molar-refractivity contribution in [3.8, 4) is 11.4 Å². The van der Waals surface area contributed by atoms with Gasteiger partial charge in [-0.15, -0.1) is 0 Å². The van der Waals surface area contributed by atoms with Crippen molar-refractivity contribution in [2.75, 3.05) is 13.1 Å². The summed E-state index contributed by atoms with van der Waals surface area (Å²) in [6.07, 6.45) is 0.651. The van der Waals surface area contributed by atoms with Gasteiger partial charge in [-0.2, -0.15) is 4.98 Å². The van der Waals surface area contributed by atoms with E-state index in [0.29, 0.717) is 29.7 Å². The molecule has 7 heteroatoms. The zero-order valence-electron chi connectivity index (χ0n) is 12.1. The summed E-state index contributed by atoms with van der Waals surface area (Å²) in [6.45, 7) is 3.18. The summed E-state index contributed by atoms with van der Waals surface area (Å²) in [5, 5.41) is 13.7. The van der Waals surface area contributed by atoms with Gasteiger partial charge in [0.25, 0.3) is 0 Å². The number of aliphatic carboxylic acids is 1. The summed E-state index contributed by atoms with van der Waals surface area (Å²) in [6, 6.07) is 7.11. The summed E-state index contributed by atoms with van der Waals surface area (Å²) in [7, 11) is 0. The van der Waals surface area contributed by atoms with E-state index in [1.165, 1.54) is 0 Å². The maximum Gasteiger partial charge on any atom is 0.307 e. The number of rotatable bonds is 4. The molecule has 1 saturated heterocycles. The number of benzene rings is 1. The van der Waals surface area contributed by atoms with E-state index in [1.807, 2.05) is 19.1 Å². The summed E-state index contributed by atoms with van der Waals surface area (Å²) in [4.78, 5) is 17.5. The van der Waals surface area contributed by atoms with E-state index in [1.54, 1.807) is 12.1 Å². The van der Waals surface area contributed by atoms with Crippen LogP contribution in [0, 0.1) is 5.92 Å². The van der Waals surface area contributed by atoms with Crippen LogP contribution in [-0.2, 0) is 4.79 Å². The van der Waals surface area contributed by atoms with Gasteiger partial charge in [0.1, 0.15) is 0 Å². The minimum Gasteiger partial charge on any atom is -0.481 e. The Hall–Kier alpha value is -1.92.